The van der Waals surface area contributed by atoms with Crippen LogP contribution in [-0.4, -0.2) is 16.9 Å². The summed E-state index contributed by atoms with van der Waals surface area (Å²) in [5, 5.41) is 4.05. The lowest BCUT2D eigenvalue weighted by molar-refractivity contribution is 0.0924. The van der Waals surface area contributed by atoms with Crippen molar-refractivity contribution in [2.24, 2.45) is 5.92 Å². The van der Waals surface area contributed by atoms with E-state index in [1.165, 1.54) is 12.8 Å². The van der Waals surface area contributed by atoms with Gasteiger partial charge in [0.1, 0.15) is 0 Å². The third-order valence-electron chi connectivity index (χ3n) is 4.30. The fourth-order valence-corrected chi connectivity index (χ4v) is 2.99. The number of aromatic amines is 1. The molecule has 0 unspecified atom stereocenters. The third kappa shape index (κ3) is 2.50. The maximum absolute atomic E-state index is 12.4. The topological polar surface area (TPSA) is 70.9 Å². The van der Waals surface area contributed by atoms with Gasteiger partial charge in [0.15, 0.2) is 0 Å². The minimum absolute atomic E-state index is 0.00130. The molecule has 106 valence electrons. The number of nitrogen functional groups attached to an aromatic ring is 1. The molecule has 4 heteroatoms. The molecule has 20 heavy (non-hydrogen) atoms. The molecule has 1 aromatic carbocycles. The summed E-state index contributed by atoms with van der Waals surface area (Å²) in [6.45, 7) is 2.28. The van der Waals surface area contributed by atoms with Gasteiger partial charge in [-0.2, -0.15) is 0 Å². The van der Waals surface area contributed by atoms with Gasteiger partial charge in [0.25, 0.3) is 5.91 Å². The Morgan fingerprint density at radius 1 is 1.30 bits per heavy atom. The highest BCUT2D eigenvalue weighted by Gasteiger charge is 2.21. The number of fused-ring (bicyclic) bond motifs is 1. The second-order valence-corrected chi connectivity index (χ2v) is 5.94. The predicted molar refractivity (Wildman–Crippen MR) is 81.6 cm³/mol. The van der Waals surface area contributed by atoms with Crippen molar-refractivity contribution < 1.29 is 4.79 Å². The van der Waals surface area contributed by atoms with Gasteiger partial charge in [-0.3, -0.25) is 4.79 Å². The van der Waals surface area contributed by atoms with E-state index in [1.54, 1.807) is 6.20 Å². The van der Waals surface area contributed by atoms with E-state index in [0.717, 1.165) is 29.7 Å². The Kier molecular flexibility index (Phi) is 3.38. The average Bonchev–Trinajstić information content (AvgIpc) is 2.84. The maximum Gasteiger partial charge on any atom is 0.253 e. The number of hydrogen-bond donors (Lipinski definition) is 3. The van der Waals surface area contributed by atoms with Crippen LogP contribution >= 0.6 is 0 Å². The van der Waals surface area contributed by atoms with Crippen molar-refractivity contribution in [3.8, 4) is 0 Å². The molecule has 1 aromatic heterocycles. The van der Waals surface area contributed by atoms with Gasteiger partial charge in [0.2, 0.25) is 0 Å². The first-order valence-corrected chi connectivity index (χ1v) is 7.31. The standard InChI is InChI=1S/C16H21N3O/c1-10-2-5-12(6-3-10)19-16(20)14-9-18-15-7-4-11(17)8-13(14)15/h4,7-10,12,18H,2-3,5-6,17H2,1H3,(H,19,20). The number of anilines is 1. The lowest BCUT2D eigenvalue weighted by Crippen LogP contribution is -2.37. The highest BCUT2D eigenvalue weighted by atomic mass is 16.1. The molecule has 0 bridgehead atoms. The van der Waals surface area contributed by atoms with E-state index in [1.807, 2.05) is 18.2 Å². The van der Waals surface area contributed by atoms with E-state index in [4.69, 9.17) is 5.73 Å². The number of hydrogen-bond acceptors (Lipinski definition) is 2. The lowest BCUT2D eigenvalue weighted by atomic mass is 9.87. The van der Waals surface area contributed by atoms with E-state index in [0.29, 0.717) is 17.3 Å². The Morgan fingerprint density at radius 2 is 2.05 bits per heavy atom. The van der Waals surface area contributed by atoms with Gasteiger partial charge in [0, 0.05) is 28.8 Å². The summed E-state index contributed by atoms with van der Waals surface area (Å²) in [6.07, 6.45) is 6.33. The summed E-state index contributed by atoms with van der Waals surface area (Å²) in [7, 11) is 0. The summed E-state index contributed by atoms with van der Waals surface area (Å²) in [6, 6.07) is 5.90. The van der Waals surface area contributed by atoms with E-state index >= 15 is 0 Å². The molecular weight excluding hydrogens is 250 g/mol. The number of nitrogens with one attached hydrogen (secondary N) is 2. The van der Waals surface area contributed by atoms with Crippen molar-refractivity contribution in [2.45, 2.75) is 38.6 Å². The summed E-state index contributed by atoms with van der Waals surface area (Å²) < 4.78 is 0. The number of H-pyrrole nitrogens is 1. The van der Waals surface area contributed by atoms with Crippen molar-refractivity contribution in [1.29, 1.82) is 0 Å². The molecule has 0 atom stereocenters. The fraction of sp³-hybridized carbons (Fsp3) is 0.438. The third-order valence-corrected chi connectivity index (χ3v) is 4.30. The van der Waals surface area contributed by atoms with Gasteiger partial charge in [-0.05, 0) is 49.8 Å². The van der Waals surface area contributed by atoms with E-state index in [9.17, 15) is 4.79 Å². The molecule has 2 aromatic rings. The molecule has 1 heterocycles. The second kappa shape index (κ2) is 5.19. The minimum Gasteiger partial charge on any atom is -0.399 e. The van der Waals surface area contributed by atoms with Gasteiger partial charge in [0.05, 0.1) is 5.56 Å². The smallest absolute Gasteiger partial charge is 0.253 e. The molecule has 3 rings (SSSR count). The first-order valence-electron chi connectivity index (χ1n) is 7.31. The zero-order valence-corrected chi connectivity index (χ0v) is 11.8. The quantitative estimate of drug-likeness (QED) is 0.735. The molecule has 0 aliphatic heterocycles. The molecular formula is C16H21N3O. The molecule has 0 spiro atoms. The zero-order valence-electron chi connectivity index (χ0n) is 11.8. The fourth-order valence-electron chi connectivity index (χ4n) is 2.99. The Balaban J connectivity index is 1.77. The number of carbonyl (C=O) groups is 1. The largest absolute Gasteiger partial charge is 0.399 e. The van der Waals surface area contributed by atoms with Crippen LogP contribution in [0.1, 0.15) is 43.0 Å². The molecule has 4 N–H and O–H groups in total. The predicted octanol–water partition coefficient (Wildman–Crippen LogP) is 3.06. The zero-order chi connectivity index (χ0) is 14.1. The molecule has 0 radical (unpaired) electrons. The molecule has 0 saturated heterocycles. The highest BCUT2D eigenvalue weighted by Crippen LogP contribution is 2.25. The average molecular weight is 271 g/mol. The van der Waals surface area contributed by atoms with Crippen LogP contribution in [0.4, 0.5) is 5.69 Å². The molecule has 4 nitrogen and oxygen atoms in total. The Bertz CT molecular complexity index is 624. The van der Waals surface area contributed by atoms with Crippen LogP contribution < -0.4 is 11.1 Å². The molecule has 1 saturated carbocycles. The first kappa shape index (κ1) is 13.0. The van der Waals surface area contributed by atoms with Gasteiger partial charge in [-0.25, -0.2) is 0 Å². The van der Waals surface area contributed by atoms with Crippen LogP contribution in [0.15, 0.2) is 24.4 Å². The molecule has 1 aliphatic rings. The molecule has 1 aliphatic carbocycles. The van der Waals surface area contributed by atoms with Crippen LogP contribution in [0.3, 0.4) is 0 Å². The van der Waals surface area contributed by atoms with Crippen LogP contribution in [0, 0.1) is 5.92 Å². The number of benzene rings is 1. The molecule has 1 fully saturated rings. The van der Waals surface area contributed by atoms with Crippen molar-refractivity contribution in [3.63, 3.8) is 0 Å². The van der Waals surface area contributed by atoms with Crippen molar-refractivity contribution in [2.75, 3.05) is 5.73 Å². The molecule has 1 amide bonds. The van der Waals surface area contributed by atoms with Crippen LogP contribution in [0.5, 0.6) is 0 Å². The number of rotatable bonds is 2. The number of amides is 1. The monoisotopic (exact) mass is 271 g/mol. The summed E-state index contributed by atoms with van der Waals surface area (Å²) in [5.74, 6) is 0.789. The number of nitrogens with two attached hydrogens (primary N) is 1. The summed E-state index contributed by atoms with van der Waals surface area (Å²) >= 11 is 0. The number of carbonyl (C=O) groups excluding carboxylic acids is 1. The Labute approximate surface area is 118 Å². The van der Waals surface area contributed by atoms with Crippen LogP contribution in [-0.2, 0) is 0 Å². The summed E-state index contributed by atoms with van der Waals surface area (Å²) in [5.41, 5.74) is 8.12. The second-order valence-electron chi connectivity index (χ2n) is 5.94. The van der Waals surface area contributed by atoms with E-state index in [2.05, 4.69) is 17.2 Å². The first-order chi connectivity index (χ1) is 9.63. The van der Waals surface area contributed by atoms with E-state index in [-0.39, 0.29) is 5.91 Å². The maximum atomic E-state index is 12.4. The van der Waals surface area contributed by atoms with Gasteiger partial charge in [-0.1, -0.05) is 6.92 Å². The SMILES string of the molecule is CC1CCC(NC(=O)c2c[nH]c3ccc(N)cc23)CC1. The number of aromatic nitrogens is 1. The van der Waals surface area contributed by atoms with Crippen molar-refractivity contribution >= 4 is 22.5 Å². The van der Waals surface area contributed by atoms with Crippen LogP contribution in [0.2, 0.25) is 0 Å². The minimum atomic E-state index is 0.00130. The van der Waals surface area contributed by atoms with Crippen molar-refractivity contribution in [1.82, 2.24) is 10.3 Å². The van der Waals surface area contributed by atoms with E-state index < -0.39 is 0 Å². The Morgan fingerprint density at radius 3 is 2.80 bits per heavy atom. The van der Waals surface area contributed by atoms with Crippen molar-refractivity contribution in [3.05, 3.63) is 30.0 Å². The van der Waals surface area contributed by atoms with Gasteiger partial charge < -0.3 is 16.0 Å². The summed E-state index contributed by atoms with van der Waals surface area (Å²) in [4.78, 5) is 15.5. The van der Waals surface area contributed by atoms with Gasteiger partial charge in [-0.15, -0.1) is 0 Å². The highest BCUT2D eigenvalue weighted by molar-refractivity contribution is 6.07. The Hall–Kier alpha value is -1.97. The van der Waals surface area contributed by atoms with Crippen LogP contribution in [0.25, 0.3) is 10.9 Å². The lowest BCUT2D eigenvalue weighted by Gasteiger charge is -2.26. The van der Waals surface area contributed by atoms with Gasteiger partial charge >= 0.3 is 0 Å². The normalized spacial score (nSPS) is 22.9.